The van der Waals surface area contributed by atoms with Crippen LogP contribution in [0.25, 0.3) is 0 Å². The maximum absolute atomic E-state index is 11.7. The molecule has 1 aromatic heterocycles. The van der Waals surface area contributed by atoms with Crippen molar-refractivity contribution in [2.45, 2.75) is 12.6 Å². The average Bonchev–Trinajstić information content (AvgIpc) is 2.93. The lowest BCUT2D eigenvalue weighted by molar-refractivity contribution is 0.227. The van der Waals surface area contributed by atoms with Crippen LogP contribution in [-0.4, -0.2) is 36.5 Å². The summed E-state index contributed by atoms with van der Waals surface area (Å²) in [7, 11) is 1.93. The van der Waals surface area contributed by atoms with Crippen LogP contribution >= 0.6 is 11.3 Å². The molecule has 1 unspecified atom stereocenters. The fourth-order valence-corrected chi connectivity index (χ4v) is 2.97. The lowest BCUT2D eigenvalue weighted by Gasteiger charge is -2.36. The predicted octanol–water partition coefficient (Wildman–Crippen LogP) is 1.71. The van der Waals surface area contributed by atoms with Crippen molar-refractivity contribution in [3.05, 3.63) is 46.3 Å². The molecule has 0 radical (unpaired) electrons. The van der Waals surface area contributed by atoms with E-state index in [9.17, 15) is 4.79 Å². The van der Waals surface area contributed by atoms with Gasteiger partial charge in [-0.25, -0.2) is 4.79 Å². The van der Waals surface area contributed by atoms with Gasteiger partial charge in [0.05, 0.1) is 0 Å². The lowest BCUT2D eigenvalue weighted by Crippen LogP contribution is -2.59. The monoisotopic (exact) mass is 288 g/mol. The van der Waals surface area contributed by atoms with Crippen LogP contribution < -0.4 is 10.6 Å². The molecule has 0 aliphatic carbocycles. The van der Waals surface area contributed by atoms with Gasteiger partial charge in [0.2, 0.25) is 0 Å². The Kier molecular flexibility index (Phi) is 3.56. The number of allylic oxidation sites excluding steroid dienone is 2. The van der Waals surface area contributed by atoms with Crippen molar-refractivity contribution in [2.24, 2.45) is 4.99 Å². The van der Waals surface area contributed by atoms with E-state index in [1.165, 1.54) is 4.88 Å². The highest BCUT2D eigenvalue weighted by atomic mass is 32.1. The number of carbonyl (C=O) groups excluding carboxylic acids is 1. The number of likely N-dealkylation sites (N-methyl/N-ethyl adjacent to an activating group) is 1. The lowest BCUT2D eigenvalue weighted by atomic mass is 10.1. The molecule has 3 heterocycles. The van der Waals surface area contributed by atoms with E-state index >= 15 is 0 Å². The van der Waals surface area contributed by atoms with Gasteiger partial charge in [0.15, 0.2) is 0 Å². The summed E-state index contributed by atoms with van der Waals surface area (Å²) in [6.07, 6.45) is 6.65. The van der Waals surface area contributed by atoms with E-state index in [0.29, 0.717) is 12.4 Å². The Morgan fingerprint density at radius 3 is 3.20 bits per heavy atom. The summed E-state index contributed by atoms with van der Waals surface area (Å²) in [5.74, 6) is 0.673. The van der Waals surface area contributed by atoms with Gasteiger partial charge in [-0.3, -0.25) is 10.3 Å². The Labute approximate surface area is 121 Å². The van der Waals surface area contributed by atoms with Crippen LogP contribution in [-0.2, 0) is 6.42 Å². The standard InChI is InChI=1S/C14H16N4OS/c1-18-8-2-5-11-12(16-14(19)17-13(11)18)15-7-6-10-4-3-9-20-10/h2-5,8-9,13H,6-7H2,1H3,(H2,15,16,17,19). The minimum Gasteiger partial charge on any atom is -0.357 e. The summed E-state index contributed by atoms with van der Waals surface area (Å²) in [5.41, 5.74) is 1.00. The molecule has 0 aromatic carbocycles. The maximum atomic E-state index is 11.7. The predicted molar refractivity (Wildman–Crippen MR) is 80.8 cm³/mol. The number of urea groups is 1. The molecular formula is C14H16N4OS. The first-order valence-electron chi connectivity index (χ1n) is 6.49. The Hall–Kier alpha value is -2.08. The minimum atomic E-state index is -0.204. The molecule has 20 heavy (non-hydrogen) atoms. The summed E-state index contributed by atoms with van der Waals surface area (Å²) in [4.78, 5) is 19.5. The van der Waals surface area contributed by atoms with Crippen molar-refractivity contribution in [2.75, 3.05) is 13.6 Å². The van der Waals surface area contributed by atoms with Crippen molar-refractivity contribution < 1.29 is 4.79 Å². The van der Waals surface area contributed by atoms with Crippen molar-refractivity contribution in [3.63, 3.8) is 0 Å². The van der Waals surface area contributed by atoms with Gasteiger partial charge in [0.25, 0.3) is 0 Å². The normalized spacial score (nSPS) is 23.1. The van der Waals surface area contributed by atoms with E-state index < -0.39 is 0 Å². The molecule has 1 saturated heterocycles. The molecule has 2 amide bonds. The van der Waals surface area contributed by atoms with Gasteiger partial charge in [0, 0.05) is 36.7 Å². The number of amides is 2. The van der Waals surface area contributed by atoms with Crippen LogP contribution in [0.4, 0.5) is 4.79 Å². The third-order valence-electron chi connectivity index (χ3n) is 3.28. The van der Waals surface area contributed by atoms with Gasteiger partial charge in [-0.1, -0.05) is 6.07 Å². The molecule has 2 N–H and O–H groups in total. The van der Waals surface area contributed by atoms with Crippen molar-refractivity contribution >= 4 is 23.2 Å². The van der Waals surface area contributed by atoms with Crippen LogP contribution in [0.15, 0.2) is 46.4 Å². The van der Waals surface area contributed by atoms with E-state index in [2.05, 4.69) is 27.1 Å². The number of nitrogens with zero attached hydrogens (tertiary/aromatic N) is 2. The molecule has 1 aromatic rings. The molecule has 2 aliphatic rings. The third kappa shape index (κ3) is 2.60. The number of amidine groups is 1. The molecule has 2 aliphatic heterocycles. The first-order chi connectivity index (χ1) is 9.74. The van der Waals surface area contributed by atoms with E-state index in [4.69, 9.17) is 0 Å². The zero-order chi connectivity index (χ0) is 13.9. The minimum absolute atomic E-state index is 0.130. The number of thiophene rings is 1. The highest BCUT2D eigenvalue weighted by Crippen LogP contribution is 2.17. The largest absolute Gasteiger partial charge is 0.357 e. The van der Waals surface area contributed by atoms with Crippen molar-refractivity contribution in [3.8, 4) is 0 Å². The quantitative estimate of drug-likeness (QED) is 0.889. The Balaban J connectivity index is 1.74. The number of hydrogen-bond donors (Lipinski definition) is 2. The number of fused-ring (bicyclic) bond motifs is 1. The molecule has 1 atom stereocenters. The van der Waals surface area contributed by atoms with Gasteiger partial charge in [-0.2, -0.15) is 0 Å². The van der Waals surface area contributed by atoms with Gasteiger partial charge in [-0.15, -0.1) is 11.3 Å². The first-order valence-corrected chi connectivity index (χ1v) is 7.37. The summed E-state index contributed by atoms with van der Waals surface area (Å²) < 4.78 is 0. The fourth-order valence-electron chi connectivity index (χ4n) is 2.27. The zero-order valence-electron chi connectivity index (χ0n) is 11.2. The van der Waals surface area contributed by atoms with Crippen LogP contribution in [0.3, 0.4) is 0 Å². The molecule has 104 valence electrons. The summed E-state index contributed by atoms with van der Waals surface area (Å²) in [5, 5.41) is 7.73. The van der Waals surface area contributed by atoms with Crippen LogP contribution in [0.5, 0.6) is 0 Å². The highest BCUT2D eigenvalue weighted by molar-refractivity contribution is 7.09. The second kappa shape index (κ2) is 5.50. The number of nitrogens with one attached hydrogen (secondary N) is 2. The smallest absolute Gasteiger partial charge is 0.322 e. The molecule has 0 bridgehead atoms. The van der Waals surface area contributed by atoms with E-state index in [1.54, 1.807) is 11.3 Å². The molecule has 6 heteroatoms. The Morgan fingerprint density at radius 2 is 2.40 bits per heavy atom. The summed E-state index contributed by atoms with van der Waals surface area (Å²) in [6, 6.07) is 3.94. The van der Waals surface area contributed by atoms with Gasteiger partial charge < -0.3 is 10.2 Å². The Bertz CT molecular complexity index is 588. The number of carbonyl (C=O) groups is 1. The molecule has 0 spiro atoms. The van der Waals surface area contributed by atoms with Crippen molar-refractivity contribution in [1.29, 1.82) is 0 Å². The summed E-state index contributed by atoms with van der Waals surface area (Å²) >= 11 is 1.73. The maximum Gasteiger partial charge on any atom is 0.322 e. The van der Waals surface area contributed by atoms with Gasteiger partial charge >= 0.3 is 6.03 Å². The fraction of sp³-hybridized carbons (Fsp3) is 0.286. The van der Waals surface area contributed by atoms with Gasteiger partial charge in [0.1, 0.15) is 12.0 Å². The SMILES string of the molecule is CN1C=CC=C2C(=NCCc3cccs3)NC(=O)NC21. The number of rotatable bonds is 3. The summed E-state index contributed by atoms with van der Waals surface area (Å²) in [6.45, 7) is 0.674. The van der Waals surface area contributed by atoms with E-state index in [-0.39, 0.29) is 12.2 Å². The van der Waals surface area contributed by atoms with Crippen molar-refractivity contribution in [1.82, 2.24) is 15.5 Å². The number of aliphatic imine (C=N–C) groups is 1. The Morgan fingerprint density at radius 1 is 1.50 bits per heavy atom. The second-order valence-corrected chi connectivity index (χ2v) is 5.72. The highest BCUT2D eigenvalue weighted by Gasteiger charge is 2.30. The average molecular weight is 288 g/mol. The molecule has 0 saturated carbocycles. The van der Waals surface area contributed by atoms with E-state index in [1.807, 2.05) is 36.4 Å². The molecule has 1 fully saturated rings. The zero-order valence-corrected chi connectivity index (χ0v) is 12.0. The van der Waals surface area contributed by atoms with Crippen LogP contribution in [0, 0.1) is 0 Å². The van der Waals surface area contributed by atoms with E-state index in [0.717, 1.165) is 12.0 Å². The van der Waals surface area contributed by atoms with Crippen LogP contribution in [0.2, 0.25) is 0 Å². The molecule has 3 rings (SSSR count). The molecule has 5 nitrogen and oxygen atoms in total. The first kappa shape index (κ1) is 12.9. The van der Waals surface area contributed by atoms with Crippen LogP contribution in [0.1, 0.15) is 4.88 Å². The third-order valence-corrected chi connectivity index (χ3v) is 4.22. The topological polar surface area (TPSA) is 56.7 Å². The molecular weight excluding hydrogens is 272 g/mol. The van der Waals surface area contributed by atoms with Gasteiger partial charge in [-0.05, 0) is 23.6 Å². The second-order valence-electron chi connectivity index (χ2n) is 4.69. The number of hydrogen-bond acceptors (Lipinski definition) is 4.